The van der Waals surface area contributed by atoms with Crippen LogP contribution in [0.1, 0.15) is 94.5 Å². The van der Waals surface area contributed by atoms with Crippen molar-refractivity contribution in [3.8, 4) is 0 Å². The zero-order valence-corrected chi connectivity index (χ0v) is 25.2. The van der Waals surface area contributed by atoms with Gasteiger partial charge >= 0.3 is 0 Å². The number of hydrogen-bond acceptors (Lipinski definition) is 4. The molecule has 1 saturated carbocycles. The van der Waals surface area contributed by atoms with E-state index in [9.17, 15) is 9.59 Å². The van der Waals surface area contributed by atoms with E-state index in [1.165, 1.54) is 36.8 Å². The van der Waals surface area contributed by atoms with Crippen molar-refractivity contribution < 1.29 is 9.59 Å². The maximum Gasteiger partial charge on any atom is 0.223 e. The number of benzene rings is 2. The lowest BCUT2D eigenvalue weighted by Crippen LogP contribution is -2.49. The minimum atomic E-state index is -0.0467. The van der Waals surface area contributed by atoms with Crippen LogP contribution in [0.3, 0.4) is 0 Å². The predicted octanol–water partition coefficient (Wildman–Crippen LogP) is 6.61. The molecular formula is C36H46N4O2. The summed E-state index contributed by atoms with van der Waals surface area (Å²) in [4.78, 5) is 35.4. The fraction of sp³-hybridized carbons (Fsp3) is 0.583. The molecule has 4 aliphatic rings. The van der Waals surface area contributed by atoms with Gasteiger partial charge in [0.1, 0.15) is 11.6 Å². The molecule has 3 aliphatic heterocycles. The first-order chi connectivity index (χ1) is 20.5. The van der Waals surface area contributed by atoms with E-state index in [1.54, 1.807) is 0 Å². The van der Waals surface area contributed by atoms with Crippen molar-refractivity contribution in [1.29, 1.82) is 0 Å². The average Bonchev–Trinajstić information content (AvgIpc) is 3.48. The molecule has 2 aromatic carbocycles. The second-order valence-electron chi connectivity index (χ2n) is 13.7. The van der Waals surface area contributed by atoms with Crippen molar-refractivity contribution in [3.05, 3.63) is 66.0 Å². The van der Waals surface area contributed by atoms with Crippen LogP contribution in [0.5, 0.6) is 0 Å². The van der Waals surface area contributed by atoms with Gasteiger partial charge in [0, 0.05) is 50.0 Å². The molecule has 6 nitrogen and oxygen atoms in total. The fourth-order valence-corrected chi connectivity index (χ4v) is 9.06. The molecule has 42 heavy (non-hydrogen) atoms. The number of imidazole rings is 1. The highest BCUT2D eigenvalue weighted by Crippen LogP contribution is 2.45. The number of piperidine rings is 2. The topological polar surface area (TPSA) is 58.4 Å². The van der Waals surface area contributed by atoms with Gasteiger partial charge in [0.2, 0.25) is 5.91 Å². The van der Waals surface area contributed by atoms with Crippen LogP contribution in [0.2, 0.25) is 0 Å². The number of amides is 1. The van der Waals surface area contributed by atoms with E-state index < -0.39 is 0 Å². The molecule has 2 bridgehead atoms. The summed E-state index contributed by atoms with van der Waals surface area (Å²) < 4.78 is 2.52. The number of carbonyl (C=O) groups excluding carboxylic acids is 2. The van der Waals surface area contributed by atoms with Crippen molar-refractivity contribution in [2.45, 2.75) is 108 Å². The molecule has 3 atom stereocenters. The summed E-state index contributed by atoms with van der Waals surface area (Å²) >= 11 is 0. The standard InChI is InChI=1S/C36H46N4O2/c1-26-37-32-12-6-7-13-33(32)40(26)31-24-29-15-16-30(25-31)39(29)22-19-36(28-10-3-2-4-11-28)17-20-38(21-18-36)35(42)23-27-9-5-8-14-34(27)41/h2-4,6-7,10-13,27,29-31H,5,8-9,14-25H2,1H3. The average molecular weight is 567 g/mol. The van der Waals surface area contributed by atoms with E-state index in [0.29, 0.717) is 36.8 Å². The molecule has 0 N–H and O–H groups in total. The van der Waals surface area contributed by atoms with Gasteiger partial charge in [0.25, 0.3) is 0 Å². The SMILES string of the molecule is Cc1nc2ccccc2n1C1CC2CCC(C1)N2CCC1(c2ccccc2)CCN(C(=O)CC2CCCCC2=O)CC1. The molecule has 1 amide bonds. The van der Waals surface area contributed by atoms with Gasteiger partial charge in [0.15, 0.2) is 0 Å². The van der Waals surface area contributed by atoms with E-state index in [1.807, 2.05) is 0 Å². The van der Waals surface area contributed by atoms with Gasteiger partial charge in [-0.05, 0) is 94.4 Å². The summed E-state index contributed by atoms with van der Waals surface area (Å²) in [6.07, 6.45) is 12.2. The van der Waals surface area contributed by atoms with E-state index in [-0.39, 0.29) is 17.2 Å². The Labute approximate surface area is 250 Å². The maximum absolute atomic E-state index is 13.3. The number of para-hydroxylation sites is 2. The first kappa shape index (κ1) is 27.8. The van der Waals surface area contributed by atoms with Crippen LogP contribution in [0.15, 0.2) is 54.6 Å². The van der Waals surface area contributed by atoms with Crippen LogP contribution in [0, 0.1) is 12.8 Å². The van der Waals surface area contributed by atoms with E-state index >= 15 is 0 Å². The molecule has 222 valence electrons. The van der Waals surface area contributed by atoms with Crippen molar-refractivity contribution in [3.63, 3.8) is 0 Å². The van der Waals surface area contributed by atoms with Crippen LogP contribution < -0.4 is 0 Å². The van der Waals surface area contributed by atoms with Crippen LogP contribution >= 0.6 is 0 Å². The highest BCUT2D eigenvalue weighted by Gasteiger charge is 2.44. The van der Waals surface area contributed by atoms with Gasteiger partial charge in [-0.1, -0.05) is 48.9 Å². The largest absolute Gasteiger partial charge is 0.343 e. The zero-order valence-electron chi connectivity index (χ0n) is 25.2. The van der Waals surface area contributed by atoms with Crippen LogP contribution in [-0.4, -0.2) is 62.8 Å². The molecule has 6 heteroatoms. The Kier molecular flexibility index (Phi) is 7.68. The Morgan fingerprint density at radius 1 is 0.905 bits per heavy atom. The number of fused-ring (bicyclic) bond motifs is 3. The second-order valence-corrected chi connectivity index (χ2v) is 13.7. The number of carbonyl (C=O) groups is 2. The Balaban J connectivity index is 1.03. The number of ketones is 1. The van der Waals surface area contributed by atoms with Gasteiger partial charge < -0.3 is 9.47 Å². The zero-order chi connectivity index (χ0) is 28.7. The second kappa shape index (κ2) is 11.6. The van der Waals surface area contributed by atoms with Gasteiger partial charge in [-0.2, -0.15) is 0 Å². The molecule has 4 fully saturated rings. The molecule has 3 aromatic rings. The van der Waals surface area contributed by atoms with Crippen molar-refractivity contribution >= 4 is 22.7 Å². The van der Waals surface area contributed by atoms with Gasteiger partial charge in [0.05, 0.1) is 11.0 Å². The summed E-state index contributed by atoms with van der Waals surface area (Å²) in [5.74, 6) is 1.60. The Hall–Kier alpha value is -2.99. The minimum Gasteiger partial charge on any atom is -0.343 e. The first-order valence-corrected chi connectivity index (χ1v) is 16.6. The summed E-state index contributed by atoms with van der Waals surface area (Å²) in [6.45, 7) is 4.90. The smallest absolute Gasteiger partial charge is 0.223 e. The Morgan fingerprint density at radius 2 is 1.62 bits per heavy atom. The molecule has 7 rings (SSSR count). The molecule has 1 aliphatic carbocycles. The highest BCUT2D eigenvalue weighted by atomic mass is 16.2. The monoisotopic (exact) mass is 566 g/mol. The summed E-state index contributed by atoms with van der Waals surface area (Å²) in [7, 11) is 0. The number of nitrogens with zero attached hydrogens (tertiary/aromatic N) is 4. The van der Waals surface area contributed by atoms with Crippen LogP contribution in [0.4, 0.5) is 0 Å². The molecule has 0 radical (unpaired) electrons. The number of likely N-dealkylation sites (tertiary alicyclic amines) is 1. The molecule has 0 spiro atoms. The van der Waals surface area contributed by atoms with Crippen LogP contribution in [0.25, 0.3) is 11.0 Å². The first-order valence-electron chi connectivity index (χ1n) is 16.6. The number of aromatic nitrogens is 2. The van der Waals surface area contributed by atoms with E-state index in [4.69, 9.17) is 4.98 Å². The third-order valence-corrected chi connectivity index (χ3v) is 11.4. The summed E-state index contributed by atoms with van der Waals surface area (Å²) in [5, 5.41) is 0. The molecular weight excluding hydrogens is 520 g/mol. The number of Topliss-reactive ketones (excluding diaryl/α,β-unsaturated/α-hetero) is 1. The van der Waals surface area contributed by atoms with E-state index in [2.05, 4.69) is 75.9 Å². The lowest BCUT2D eigenvalue weighted by Gasteiger charge is -2.46. The number of hydrogen-bond donors (Lipinski definition) is 0. The third kappa shape index (κ3) is 5.21. The van der Waals surface area contributed by atoms with Crippen molar-refractivity contribution in [2.75, 3.05) is 19.6 Å². The van der Waals surface area contributed by atoms with Gasteiger partial charge in [-0.15, -0.1) is 0 Å². The van der Waals surface area contributed by atoms with Gasteiger partial charge in [-0.25, -0.2) is 4.98 Å². The van der Waals surface area contributed by atoms with E-state index in [0.717, 1.165) is 69.5 Å². The normalized spacial score (nSPS) is 27.9. The molecule has 4 heterocycles. The predicted molar refractivity (Wildman–Crippen MR) is 166 cm³/mol. The Bertz CT molecular complexity index is 1410. The minimum absolute atomic E-state index is 0.0467. The number of rotatable bonds is 7. The summed E-state index contributed by atoms with van der Waals surface area (Å²) in [6, 6.07) is 21.5. The third-order valence-electron chi connectivity index (χ3n) is 11.4. The van der Waals surface area contributed by atoms with Crippen LogP contribution in [-0.2, 0) is 15.0 Å². The Morgan fingerprint density at radius 3 is 2.36 bits per heavy atom. The fourth-order valence-electron chi connectivity index (χ4n) is 9.06. The maximum atomic E-state index is 13.3. The quantitative estimate of drug-likeness (QED) is 0.323. The van der Waals surface area contributed by atoms with Crippen molar-refractivity contribution in [2.24, 2.45) is 5.92 Å². The van der Waals surface area contributed by atoms with Gasteiger partial charge in [-0.3, -0.25) is 14.5 Å². The molecule has 1 aromatic heterocycles. The summed E-state index contributed by atoms with van der Waals surface area (Å²) in [5.41, 5.74) is 3.93. The lowest BCUT2D eigenvalue weighted by molar-refractivity contribution is -0.137. The van der Waals surface area contributed by atoms with Crippen molar-refractivity contribution in [1.82, 2.24) is 19.4 Å². The molecule has 3 unspecified atom stereocenters. The number of aryl methyl sites for hydroxylation is 1. The lowest BCUT2D eigenvalue weighted by atomic mass is 9.70. The molecule has 3 saturated heterocycles. The highest BCUT2D eigenvalue weighted by molar-refractivity contribution is 5.87.